The van der Waals surface area contributed by atoms with Crippen LogP contribution in [0.1, 0.15) is 45.4 Å². The average Bonchev–Trinajstić information content (AvgIpc) is 2.59. The second-order valence-corrected chi connectivity index (χ2v) is 9.92. The van der Waals surface area contributed by atoms with Crippen molar-refractivity contribution < 1.29 is 26.3 Å². The Morgan fingerprint density at radius 2 is 1.89 bits per heavy atom. The van der Waals surface area contributed by atoms with Gasteiger partial charge in [0.1, 0.15) is 0 Å². The molecular formula is C17H31F3IN3O3S. The first-order valence-corrected chi connectivity index (χ1v) is 11.4. The number of hydrogen-bond donors (Lipinski definition) is 2. The molecule has 2 N–H and O–H groups in total. The molecule has 166 valence electrons. The number of alkyl halides is 3. The minimum atomic E-state index is -4.18. The molecule has 1 saturated carbocycles. The molecule has 0 aromatic heterocycles. The number of nitrogens with zero attached hydrogens (tertiary/aromatic N) is 1. The van der Waals surface area contributed by atoms with Crippen LogP contribution in [-0.4, -0.2) is 63.9 Å². The number of aliphatic imine (C=N–C) groups is 1. The van der Waals surface area contributed by atoms with Crippen molar-refractivity contribution in [1.82, 2.24) is 10.6 Å². The van der Waals surface area contributed by atoms with E-state index in [0.29, 0.717) is 51.4 Å². The van der Waals surface area contributed by atoms with Crippen LogP contribution in [0, 0.1) is 5.92 Å². The summed E-state index contributed by atoms with van der Waals surface area (Å²) in [7, 11) is -3.35. The first-order chi connectivity index (χ1) is 12.6. The Labute approximate surface area is 182 Å². The first-order valence-electron chi connectivity index (χ1n) is 9.46. The van der Waals surface area contributed by atoms with Gasteiger partial charge in [-0.2, -0.15) is 13.2 Å². The van der Waals surface area contributed by atoms with Crippen LogP contribution in [0.3, 0.4) is 0 Å². The van der Waals surface area contributed by atoms with Gasteiger partial charge in [-0.15, -0.1) is 24.0 Å². The van der Waals surface area contributed by atoms with Gasteiger partial charge < -0.3 is 15.4 Å². The van der Waals surface area contributed by atoms with Crippen LogP contribution in [0.4, 0.5) is 13.2 Å². The molecule has 11 heteroatoms. The fourth-order valence-electron chi connectivity index (χ4n) is 3.74. The molecule has 28 heavy (non-hydrogen) atoms. The van der Waals surface area contributed by atoms with Crippen LogP contribution in [0.5, 0.6) is 0 Å². The number of guanidine groups is 1. The van der Waals surface area contributed by atoms with Gasteiger partial charge in [-0.25, -0.2) is 8.42 Å². The second kappa shape index (κ2) is 10.6. The monoisotopic (exact) mass is 541 g/mol. The van der Waals surface area contributed by atoms with Crippen molar-refractivity contribution >= 4 is 39.8 Å². The van der Waals surface area contributed by atoms with Crippen molar-refractivity contribution in [2.24, 2.45) is 10.9 Å². The number of ether oxygens (including phenoxy) is 1. The molecule has 0 aromatic carbocycles. The molecule has 0 bridgehead atoms. The number of halogens is 4. The van der Waals surface area contributed by atoms with Gasteiger partial charge >= 0.3 is 6.18 Å². The van der Waals surface area contributed by atoms with Crippen molar-refractivity contribution in [1.29, 1.82) is 0 Å². The van der Waals surface area contributed by atoms with E-state index in [2.05, 4.69) is 15.6 Å². The lowest BCUT2D eigenvalue weighted by molar-refractivity contribution is -0.183. The molecule has 6 nitrogen and oxygen atoms in total. The minimum absolute atomic E-state index is 0. The molecule has 0 spiro atoms. The second-order valence-electron chi connectivity index (χ2n) is 7.51. The van der Waals surface area contributed by atoms with Gasteiger partial charge in [0.2, 0.25) is 0 Å². The normalized spacial score (nSPS) is 26.2. The molecule has 2 rings (SSSR count). The van der Waals surface area contributed by atoms with Crippen molar-refractivity contribution in [2.75, 3.05) is 32.6 Å². The van der Waals surface area contributed by atoms with Gasteiger partial charge in [-0.05, 0) is 39.0 Å². The number of rotatable bonds is 5. The van der Waals surface area contributed by atoms with Gasteiger partial charge in [0.15, 0.2) is 15.8 Å². The highest BCUT2D eigenvalue weighted by Crippen LogP contribution is 2.37. The molecule has 1 saturated heterocycles. The smallest absolute Gasteiger partial charge is 0.381 e. The van der Waals surface area contributed by atoms with Crippen LogP contribution in [-0.2, 0) is 14.6 Å². The molecule has 1 heterocycles. The molecule has 2 fully saturated rings. The Hall–Kier alpha value is -0.300. The highest BCUT2D eigenvalue weighted by Gasteiger charge is 2.43. The van der Waals surface area contributed by atoms with Crippen molar-refractivity contribution in [2.45, 2.75) is 62.4 Å². The Bertz CT molecular complexity index is 623. The SMILES string of the molecule is CCNC(=NCC1(S(C)(=O)=O)CCOCC1)NC1CCCC(C(F)(F)F)C1.I. The van der Waals surface area contributed by atoms with Crippen LogP contribution in [0.15, 0.2) is 4.99 Å². The zero-order valence-electron chi connectivity index (χ0n) is 16.3. The van der Waals surface area contributed by atoms with Crippen molar-refractivity contribution in [3.8, 4) is 0 Å². The Morgan fingerprint density at radius 1 is 1.25 bits per heavy atom. The summed E-state index contributed by atoms with van der Waals surface area (Å²) in [5.74, 6) is -0.927. The standard InChI is InChI=1S/C17H30F3N3O3S.HI/c1-3-21-15(23-14-6-4-5-13(11-14)17(18,19)20)22-12-16(27(2,24)25)7-9-26-10-8-16;/h13-14H,3-12H2,1-2H3,(H2,21,22,23);1H. The molecule has 1 aliphatic heterocycles. The van der Waals surface area contributed by atoms with Gasteiger partial charge in [-0.3, -0.25) is 4.99 Å². The third kappa shape index (κ3) is 6.89. The fourth-order valence-corrected chi connectivity index (χ4v) is 4.95. The average molecular weight is 541 g/mol. The molecule has 0 aromatic rings. The Balaban J connectivity index is 0.00000392. The minimum Gasteiger partial charge on any atom is -0.381 e. The zero-order valence-corrected chi connectivity index (χ0v) is 19.5. The summed E-state index contributed by atoms with van der Waals surface area (Å²) in [6.07, 6.45) is -0.913. The van der Waals surface area contributed by atoms with E-state index in [9.17, 15) is 21.6 Å². The highest BCUT2D eigenvalue weighted by atomic mass is 127. The summed E-state index contributed by atoms with van der Waals surface area (Å²) in [4.78, 5) is 4.44. The van der Waals surface area contributed by atoms with Gasteiger partial charge in [0.25, 0.3) is 0 Å². The zero-order chi connectivity index (χ0) is 20.1. The quantitative estimate of drug-likeness (QED) is 0.318. The fraction of sp³-hybridized carbons (Fsp3) is 0.941. The lowest BCUT2D eigenvalue weighted by Gasteiger charge is -2.35. The maximum absolute atomic E-state index is 13.0. The number of sulfone groups is 1. The summed E-state index contributed by atoms with van der Waals surface area (Å²) in [6, 6.07) is -0.327. The van der Waals surface area contributed by atoms with E-state index in [-0.39, 0.29) is 49.4 Å². The third-order valence-corrected chi connectivity index (χ3v) is 7.65. The van der Waals surface area contributed by atoms with Crippen LogP contribution in [0.25, 0.3) is 0 Å². The lowest BCUT2D eigenvalue weighted by Crippen LogP contribution is -2.49. The highest BCUT2D eigenvalue weighted by molar-refractivity contribution is 14.0. The number of hydrogen-bond acceptors (Lipinski definition) is 4. The first kappa shape index (κ1) is 25.7. The molecular weight excluding hydrogens is 510 g/mol. The van der Waals surface area contributed by atoms with Gasteiger partial charge in [0, 0.05) is 32.1 Å². The summed E-state index contributed by atoms with van der Waals surface area (Å²) in [5.41, 5.74) is 0. The van der Waals surface area contributed by atoms with Crippen LogP contribution < -0.4 is 10.6 Å². The molecule has 0 amide bonds. The lowest BCUT2D eigenvalue weighted by atomic mass is 9.85. The maximum atomic E-state index is 13.0. The van der Waals surface area contributed by atoms with Crippen LogP contribution in [0.2, 0.25) is 0 Å². The summed E-state index contributed by atoms with van der Waals surface area (Å²) < 4.78 is 68.0. The van der Waals surface area contributed by atoms with Gasteiger partial charge in [-0.1, -0.05) is 6.42 Å². The van der Waals surface area contributed by atoms with E-state index in [1.54, 1.807) is 0 Å². The largest absolute Gasteiger partial charge is 0.391 e. The Morgan fingerprint density at radius 3 is 2.43 bits per heavy atom. The van der Waals surface area contributed by atoms with E-state index >= 15 is 0 Å². The summed E-state index contributed by atoms with van der Waals surface area (Å²) >= 11 is 0. The summed E-state index contributed by atoms with van der Waals surface area (Å²) in [6.45, 7) is 3.19. The van der Waals surface area contributed by atoms with E-state index in [1.165, 1.54) is 6.26 Å². The Kier molecular flexibility index (Phi) is 9.79. The third-order valence-electron chi connectivity index (χ3n) is 5.54. The van der Waals surface area contributed by atoms with Crippen LogP contribution >= 0.6 is 24.0 Å². The molecule has 1 aliphatic carbocycles. The molecule has 0 radical (unpaired) electrons. The van der Waals surface area contributed by atoms with E-state index < -0.39 is 26.7 Å². The number of nitrogens with one attached hydrogen (secondary N) is 2. The maximum Gasteiger partial charge on any atom is 0.391 e. The van der Waals surface area contributed by atoms with E-state index in [1.807, 2.05) is 6.92 Å². The molecule has 2 aliphatic rings. The van der Waals surface area contributed by atoms with E-state index in [0.717, 1.165) is 0 Å². The molecule has 2 atom stereocenters. The van der Waals surface area contributed by atoms with E-state index in [4.69, 9.17) is 4.74 Å². The van der Waals surface area contributed by atoms with Gasteiger partial charge in [0.05, 0.1) is 17.2 Å². The summed E-state index contributed by atoms with van der Waals surface area (Å²) in [5, 5.41) is 6.10. The molecule has 2 unspecified atom stereocenters. The van der Waals surface area contributed by atoms with Crippen molar-refractivity contribution in [3.05, 3.63) is 0 Å². The topological polar surface area (TPSA) is 79.8 Å². The predicted octanol–water partition coefficient (Wildman–Crippen LogP) is 2.87. The van der Waals surface area contributed by atoms with Crippen molar-refractivity contribution in [3.63, 3.8) is 0 Å². The predicted molar refractivity (Wildman–Crippen MR) is 114 cm³/mol.